The van der Waals surface area contributed by atoms with Crippen LogP contribution in [-0.4, -0.2) is 17.7 Å². The second-order valence-corrected chi connectivity index (χ2v) is 20.5. The van der Waals surface area contributed by atoms with Gasteiger partial charge in [-0.15, -0.1) is 0 Å². The third-order valence-electron chi connectivity index (χ3n) is 10.0. The van der Waals surface area contributed by atoms with Crippen LogP contribution < -0.4 is 0 Å². The largest absolute Gasteiger partial charge is 0.416 e. The molecule has 1 fully saturated rings. The number of pyridine rings is 1. The molecule has 2 heterocycles. The first-order valence-electron chi connectivity index (χ1n) is 15.0. The molecule has 3 aliphatic rings. The molecule has 1 aliphatic heterocycles. The third-order valence-corrected chi connectivity index (χ3v) is 16.0. The van der Waals surface area contributed by atoms with Gasteiger partial charge in [0.15, 0.2) is 8.32 Å². The number of benzene rings is 1. The second kappa shape index (κ2) is 10.6. The molecule has 3 atom stereocenters. The summed E-state index contributed by atoms with van der Waals surface area (Å²) in [5.41, 5.74) is 5.34. The van der Waals surface area contributed by atoms with Crippen molar-refractivity contribution in [1.82, 2.24) is 4.98 Å². The monoisotopic (exact) mass is 699 g/mol. The molecule has 1 aromatic carbocycles. The number of fused-ring (bicyclic) bond motifs is 2. The molecule has 2 aromatic rings. The summed E-state index contributed by atoms with van der Waals surface area (Å²) in [4.78, 5) is 5.45. The van der Waals surface area contributed by atoms with Crippen molar-refractivity contribution in [3.63, 3.8) is 0 Å². The van der Waals surface area contributed by atoms with Crippen LogP contribution >= 0.6 is 22.6 Å². The molecule has 0 N–H and O–H groups in total. The van der Waals surface area contributed by atoms with Gasteiger partial charge in [-0.2, -0.15) is 13.2 Å². The van der Waals surface area contributed by atoms with Crippen molar-refractivity contribution in [2.75, 3.05) is 4.43 Å². The molecule has 0 amide bonds. The summed E-state index contributed by atoms with van der Waals surface area (Å²) in [6.07, 6.45) is 1.53. The first-order valence-corrected chi connectivity index (χ1v) is 19.5. The minimum absolute atomic E-state index is 0.0429. The number of halogens is 4. The predicted octanol–water partition coefficient (Wildman–Crippen LogP) is 10.6. The molecule has 0 saturated heterocycles. The Bertz CT molecular complexity index is 1300. The van der Waals surface area contributed by atoms with E-state index in [0.29, 0.717) is 10.3 Å². The Morgan fingerprint density at radius 3 is 2.15 bits per heavy atom. The van der Waals surface area contributed by atoms with Gasteiger partial charge >= 0.3 is 6.18 Å². The summed E-state index contributed by atoms with van der Waals surface area (Å²) in [7, 11) is -2.12. The minimum atomic E-state index is -4.37. The molecule has 2 aliphatic carbocycles. The number of ether oxygens (including phenoxy) is 1. The van der Waals surface area contributed by atoms with Gasteiger partial charge in [-0.05, 0) is 85.3 Å². The lowest BCUT2D eigenvalue weighted by atomic mass is 9.70. The highest BCUT2D eigenvalue weighted by atomic mass is 127. The molecule has 41 heavy (non-hydrogen) atoms. The van der Waals surface area contributed by atoms with Crippen LogP contribution in [0.1, 0.15) is 131 Å². The highest BCUT2D eigenvalue weighted by molar-refractivity contribution is 14.1. The summed E-state index contributed by atoms with van der Waals surface area (Å²) < 4.78 is 55.2. The smallest absolute Gasteiger partial charge is 0.410 e. The molecule has 2 unspecified atom stereocenters. The quantitative estimate of drug-likeness (QED) is 0.177. The molecular formula is C33H45F3INO2Si. The maximum absolute atomic E-state index is 13.4. The van der Waals surface area contributed by atoms with Crippen molar-refractivity contribution in [1.29, 1.82) is 0 Å². The van der Waals surface area contributed by atoms with Crippen LogP contribution in [0.15, 0.2) is 24.3 Å². The Hall–Kier alpha value is -0.973. The van der Waals surface area contributed by atoms with Gasteiger partial charge in [0.1, 0.15) is 11.7 Å². The van der Waals surface area contributed by atoms with Gasteiger partial charge in [0.05, 0.1) is 17.4 Å². The van der Waals surface area contributed by atoms with Crippen molar-refractivity contribution < 1.29 is 22.3 Å². The predicted molar refractivity (Wildman–Crippen MR) is 169 cm³/mol. The van der Waals surface area contributed by atoms with Crippen LogP contribution in [0, 0.1) is 5.41 Å². The number of aromatic nitrogens is 1. The molecule has 0 radical (unpaired) electrons. The van der Waals surface area contributed by atoms with Gasteiger partial charge in [-0.3, -0.25) is 4.98 Å². The van der Waals surface area contributed by atoms with Gasteiger partial charge in [-0.25, -0.2) is 0 Å². The van der Waals surface area contributed by atoms with E-state index in [2.05, 4.69) is 77.2 Å². The van der Waals surface area contributed by atoms with E-state index in [1.807, 2.05) is 0 Å². The number of hydrogen-bond donors (Lipinski definition) is 0. The zero-order valence-electron chi connectivity index (χ0n) is 25.8. The normalized spacial score (nSPS) is 26.7. The van der Waals surface area contributed by atoms with Crippen LogP contribution in [0.4, 0.5) is 13.2 Å². The molecule has 226 valence electrons. The van der Waals surface area contributed by atoms with Gasteiger partial charge in [0.2, 0.25) is 0 Å². The molecule has 1 aromatic heterocycles. The van der Waals surface area contributed by atoms with Crippen LogP contribution in [0.2, 0.25) is 18.1 Å². The van der Waals surface area contributed by atoms with E-state index < -0.39 is 31.8 Å². The Labute approximate surface area is 258 Å². The topological polar surface area (TPSA) is 31.4 Å². The maximum Gasteiger partial charge on any atom is 0.416 e. The van der Waals surface area contributed by atoms with Crippen LogP contribution in [0.25, 0.3) is 0 Å². The van der Waals surface area contributed by atoms with E-state index in [1.54, 1.807) is 12.1 Å². The SMILES string of the molecule is CC1(C)Cc2nc3c(c(C4CCCC4)c2[C@@H](O[Si](C)(C)C(C)(C)C)C1)C(c1ccc(C(F)(F)F)cc1)OC3(C)CI. The van der Waals surface area contributed by atoms with Crippen molar-refractivity contribution in [2.24, 2.45) is 5.41 Å². The van der Waals surface area contributed by atoms with Crippen LogP contribution in [0.5, 0.6) is 0 Å². The Balaban J connectivity index is 1.75. The molecule has 8 heteroatoms. The van der Waals surface area contributed by atoms with E-state index >= 15 is 0 Å². The molecule has 1 saturated carbocycles. The first-order chi connectivity index (χ1) is 18.9. The van der Waals surface area contributed by atoms with Gasteiger partial charge < -0.3 is 9.16 Å². The molecule has 0 spiro atoms. The Morgan fingerprint density at radius 2 is 1.61 bits per heavy atom. The minimum Gasteiger partial charge on any atom is -0.410 e. The zero-order chi connectivity index (χ0) is 30.2. The number of hydrogen-bond acceptors (Lipinski definition) is 3. The lowest BCUT2D eigenvalue weighted by Gasteiger charge is -2.45. The standard InChI is InChI=1S/C33H45F3INO2Si/c1-30(2,3)41(7,8)40-24-18-31(4,5)17-23-26(24)25(20-11-9-10-12-20)27-28(39-32(6,19-37)29(27)38-23)21-13-15-22(16-14-21)33(34,35)36/h13-16,20,24,28H,9-12,17-19H2,1-8H3/t24-,28?,32?/m0/s1. The summed E-state index contributed by atoms with van der Waals surface area (Å²) in [5.74, 6) is 0.379. The Kier molecular flexibility index (Phi) is 8.12. The average Bonchev–Trinajstić information content (AvgIpc) is 3.48. The van der Waals surface area contributed by atoms with Gasteiger partial charge in [-0.1, -0.05) is 82.2 Å². The summed E-state index contributed by atoms with van der Waals surface area (Å²) >= 11 is 2.37. The van der Waals surface area contributed by atoms with E-state index in [-0.39, 0.29) is 16.6 Å². The lowest BCUT2D eigenvalue weighted by molar-refractivity contribution is -0.137. The lowest BCUT2D eigenvalue weighted by Crippen LogP contribution is -2.44. The average molecular weight is 700 g/mol. The summed E-state index contributed by atoms with van der Waals surface area (Å²) in [5, 5.41) is 0.0676. The van der Waals surface area contributed by atoms with Crippen LogP contribution in [-0.2, 0) is 27.4 Å². The van der Waals surface area contributed by atoms with Crippen molar-refractivity contribution in [2.45, 2.75) is 128 Å². The van der Waals surface area contributed by atoms with E-state index in [0.717, 1.165) is 48.2 Å². The molecular weight excluding hydrogens is 654 g/mol. The van der Waals surface area contributed by atoms with E-state index in [4.69, 9.17) is 14.1 Å². The Morgan fingerprint density at radius 1 is 1.00 bits per heavy atom. The number of alkyl halides is 4. The van der Waals surface area contributed by atoms with E-state index in [1.165, 1.54) is 36.1 Å². The fourth-order valence-corrected chi connectivity index (χ4v) is 8.62. The summed E-state index contributed by atoms with van der Waals surface area (Å²) in [6, 6.07) is 5.57. The second-order valence-electron chi connectivity index (χ2n) is 15.0. The third kappa shape index (κ3) is 5.80. The highest BCUT2D eigenvalue weighted by Crippen LogP contribution is 2.57. The fourth-order valence-electron chi connectivity index (χ4n) is 6.81. The number of rotatable bonds is 5. The molecule has 5 rings (SSSR count). The fraction of sp³-hybridized carbons (Fsp3) is 0.667. The molecule has 0 bridgehead atoms. The summed E-state index contributed by atoms with van der Waals surface area (Å²) in [6.45, 7) is 18.2. The van der Waals surface area contributed by atoms with Gasteiger partial charge in [0.25, 0.3) is 0 Å². The number of nitrogens with zero attached hydrogens (tertiary/aromatic N) is 1. The highest BCUT2D eigenvalue weighted by Gasteiger charge is 2.50. The maximum atomic E-state index is 13.4. The van der Waals surface area contributed by atoms with Crippen molar-refractivity contribution in [3.8, 4) is 0 Å². The van der Waals surface area contributed by atoms with Crippen molar-refractivity contribution >= 4 is 30.9 Å². The van der Waals surface area contributed by atoms with E-state index in [9.17, 15) is 13.2 Å². The van der Waals surface area contributed by atoms with Crippen molar-refractivity contribution in [3.05, 3.63) is 63.5 Å². The van der Waals surface area contributed by atoms with Gasteiger partial charge in [0, 0.05) is 21.2 Å². The first kappa shape index (κ1) is 31.5. The zero-order valence-corrected chi connectivity index (χ0v) is 28.9. The van der Waals surface area contributed by atoms with Crippen LogP contribution in [0.3, 0.4) is 0 Å². The molecule has 3 nitrogen and oxygen atoms in total.